The van der Waals surface area contributed by atoms with E-state index < -0.39 is 49.1 Å². The maximum absolute atomic E-state index is 14.1. The summed E-state index contributed by atoms with van der Waals surface area (Å²) in [7, 11) is -1.83. The smallest absolute Gasteiger partial charge is 0.411 e. The Morgan fingerprint density at radius 3 is 1.79 bits per heavy atom. The molecule has 10 heteroatoms. The molecule has 2 aliphatic rings. The summed E-state index contributed by atoms with van der Waals surface area (Å²) in [5, 5.41) is 11.0. The Bertz CT molecular complexity index is 1230. The second-order valence-corrected chi connectivity index (χ2v) is 23.2. The molecule has 2 saturated heterocycles. The van der Waals surface area contributed by atoms with Crippen molar-refractivity contribution in [3.63, 3.8) is 0 Å². The third kappa shape index (κ3) is 11.4. The van der Waals surface area contributed by atoms with E-state index in [0.717, 1.165) is 32.1 Å². The maximum atomic E-state index is 14.1. The molecule has 0 aliphatic carbocycles. The molecule has 1 N–H and O–H groups in total. The highest BCUT2D eigenvalue weighted by molar-refractivity contribution is 6.74. The molecule has 0 unspecified atom stereocenters. The summed E-state index contributed by atoms with van der Waals surface area (Å²) in [5.74, 6) is -0.461. The molecular weight excluding hydrogens is 628 g/mol. The van der Waals surface area contributed by atoms with Crippen LogP contribution in [0, 0.1) is 5.82 Å². The lowest BCUT2D eigenvalue weighted by Crippen LogP contribution is -2.59. The first-order chi connectivity index (χ1) is 21.6. The number of aliphatic hydroxyl groups excluding tert-OH is 1. The van der Waals surface area contributed by atoms with Crippen LogP contribution in [0.4, 0.5) is 14.0 Å². The number of aliphatic hydroxyl groups is 1. The number of piperidine rings is 2. The van der Waals surface area contributed by atoms with E-state index in [0.29, 0.717) is 13.0 Å². The third-order valence-corrected chi connectivity index (χ3v) is 14.3. The number of hydrogen-bond donors (Lipinski definition) is 1. The van der Waals surface area contributed by atoms with Gasteiger partial charge in [0, 0.05) is 16.6 Å². The van der Waals surface area contributed by atoms with Crippen molar-refractivity contribution in [2.75, 3.05) is 6.61 Å². The van der Waals surface area contributed by atoms with Gasteiger partial charge in [-0.1, -0.05) is 39.0 Å². The predicted octanol–water partition coefficient (Wildman–Crippen LogP) is 10.0. The van der Waals surface area contributed by atoms with Crippen molar-refractivity contribution >= 4 is 20.5 Å². The van der Waals surface area contributed by atoms with E-state index in [4.69, 9.17) is 13.9 Å². The van der Waals surface area contributed by atoms with Crippen LogP contribution in [0.25, 0.3) is 0 Å². The van der Waals surface area contributed by atoms with Crippen LogP contribution in [0.3, 0.4) is 0 Å². The van der Waals surface area contributed by atoms with Crippen molar-refractivity contribution in [1.82, 2.24) is 9.80 Å². The van der Waals surface area contributed by atoms with Gasteiger partial charge in [0.05, 0.1) is 18.7 Å². The summed E-state index contributed by atoms with van der Waals surface area (Å²) < 4.78 is 31.7. The molecule has 0 saturated carbocycles. The number of halogens is 1. The molecule has 0 radical (unpaired) electrons. The van der Waals surface area contributed by atoms with Gasteiger partial charge in [-0.05, 0) is 132 Å². The first-order valence-corrected chi connectivity index (χ1v) is 20.6. The number of carbonyl (C=O) groups excluding carboxylic acids is 2. The number of amides is 2. The Kier molecular flexibility index (Phi) is 13.5. The van der Waals surface area contributed by atoms with E-state index >= 15 is 0 Å². The normalized spacial score (nSPS) is 22.3. The summed E-state index contributed by atoms with van der Waals surface area (Å²) in [5.41, 5.74) is -1.54. The van der Waals surface area contributed by atoms with Crippen LogP contribution in [-0.4, -0.2) is 76.4 Å². The SMILES string of the molecule is CC(C)(C)OC(=O)N1[C@H](CO[Si](C)(C)C(C)(C)C)CCCC1(C)C.CC(C)(C)OC(=O)N1[C@H]([C@H](O)c2ccccc2F)CCCC1(C)C. The average molecular weight is 695 g/mol. The minimum atomic E-state index is -1.83. The van der Waals surface area contributed by atoms with Crippen molar-refractivity contribution in [2.45, 2.75) is 187 Å². The van der Waals surface area contributed by atoms with Crippen LogP contribution in [0.15, 0.2) is 24.3 Å². The quantitative estimate of drug-likeness (QED) is 0.309. The molecule has 2 heterocycles. The number of hydrogen-bond acceptors (Lipinski definition) is 6. The molecule has 0 spiro atoms. The molecule has 3 atom stereocenters. The standard InChI is InChI=1S/C19H28FNO3.C19H39NO3Si/c1-18(2,3)24-17(23)21-15(11-8-12-19(21,4)5)16(22)13-9-6-7-10-14(13)20;1-17(2,3)23-16(21)20-15(12-11-13-19(20,7)8)14-22-24(9,10)18(4,5)6/h6-7,9-10,15-16,22H,8,11-12H2,1-5H3;15H,11-14H2,1-10H3/t15-,16+;15-/m00/s1. The van der Waals surface area contributed by atoms with Crippen LogP contribution >= 0.6 is 0 Å². The Labute approximate surface area is 292 Å². The minimum Gasteiger partial charge on any atom is -0.444 e. The average Bonchev–Trinajstić information content (AvgIpc) is 2.88. The molecule has 0 bridgehead atoms. The van der Waals surface area contributed by atoms with Crippen molar-refractivity contribution in [3.05, 3.63) is 35.6 Å². The Hall–Kier alpha value is -2.17. The summed E-state index contributed by atoms with van der Waals surface area (Å²) in [6.45, 7) is 31.2. The number of likely N-dealkylation sites (tertiary alicyclic amines) is 2. The number of ether oxygens (including phenoxy) is 2. The van der Waals surface area contributed by atoms with Gasteiger partial charge < -0.3 is 19.0 Å². The fraction of sp³-hybridized carbons (Fsp3) is 0.789. The summed E-state index contributed by atoms with van der Waals surface area (Å²) >= 11 is 0. The highest BCUT2D eigenvalue weighted by Gasteiger charge is 2.46. The first-order valence-electron chi connectivity index (χ1n) is 17.7. The maximum Gasteiger partial charge on any atom is 0.411 e. The Balaban J connectivity index is 0.000000333. The summed E-state index contributed by atoms with van der Waals surface area (Å²) in [6, 6.07) is 5.74. The molecule has 8 nitrogen and oxygen atoms in total. The van der Waals surface area contributed by atoms with Crippen LogP contribution < -0.4 is 0 Å². The lowest BCUT2D eigenvalue weighted by Gasteiger charge is -2.49. The van der Waals surface area contributed by atoms with Gasteiger partial charge in [0.25, 0.3) is 0 Å². The molecule has 2 aliphatic heterocycles. The zero-order valence-corrected chi connectivity index (χ0v) is 33.8. The van der Waals surface area contributed by atoms with Crippen LogP contribution in [0.5, 0.6) is 0 Å². The highest BCUT2D eigenvalue weighted by atomic mass is 28.4. The van der Waals surface area contributed by atoms with Crippen LogP contribution in [-0.2, 0) is 13.9 Å². The molecule has 1 aromatic carbocycles. The lowest BCUT2D eigenvalue weighted by molar-refractivity contribution is -0.0581. The first kappa shape index (κ1) is 42.0. The number of rotatable bonds is 5. The van der Waals surface area contributed by atoms with E-state index in [2.05, 4.69) is 47.7 Å². The van der Waals surface area contributed by atoms with Gasteiger partial charge in [0.15, 0.2) is 8.32 Å². The van der Waals surface area contributed by atoms with Gasteiger partial charge in [-0.25, -0.2) is 14.0 Å². The van der Waals surface area contributed by atoms with Crippen molar-refractivity contribution in [2.24, 2.45) is 0 Å². The van der Waals surface area contributed by atoms with E-state index in [1.54, 1.807) is 23.1 Å². The lowest BCUT2D eigenvalue weighted by atomic mass is 9.83. The molecular formula is C38H67FN2O6Si. The number of nitrogens with zero attached hydrogens (tertiary/aromatic N) is 2. The van der Waals surface area contributed by atoms with Gasteiger partial charge >= 0.3 is 12.2 Å². The molecule has 2 amide bonds. The van der Waals surface area contributed by atoms with Gasteiger partial charge in [0.2, 0.25) is 0 Å². The molecule has 1 aromatic rings. The van der Waals surface area contributed by atoms with Crippen molar-refractivity contribution in [3.8, 4) is 0 Å². The van der Waals surface area contributed by atoms with Crippen molar-refractivity contribution in [1.29, 1.82) is 0 Å². The van der Waals surface area contributed by atoms with Crippen LogP contribution in [0.2, 0.25) is 18.1 Å². The zero-order chi connectivity index (χ0) is 37.1. The fourth-order valence-electron chi connectivity index (χ4n) is 6.26. The molecule has 2 fully saturated rings. The second-order valence-electron chi connectivity index (χ2n) is 18.4. The molecule has 3 rings (SSSR count). The number of carbonyl (C=O) groups is 2. The zero-order valence-electron chi connectivity index (χ0n) is 32.8. The second kappa shape index (κ2) is 15.4. The monoisotopic (exact) mass is 694 g/mol. The topological polar surface area (TPSA) is 88.5 Å². The van der Waals surface area contributed by atoms with E-state index in [1.165, 1.54) is 6.07 Å². The predicted molar refractivity (Wildman–Crippen MR) is 194 cm³/mol. The summed E-state index contributed by atoms with van der Waals surface area (Å²) in [6.07, 6.45) is 3.63. The van der Waals surface area contributed by atoms with Gasteiger partial charge in [0.1, 0.15) is 23.1 Å². The third-order valence-electron chi connectivity index (χ3n) is 9.83. The Morgan fingerprint density at radius 1 is 0.854 bits per heavy atom. The van der Waals surface area contributed by atoms with E-state index in [1.807, 2.05) is 60.3 Å². The summed E-state index contributed by atoms with van der Waals surface area (Å²) in [4.78, 5) is 29.1. The Morgan fingerprint density at radius 2 is 1.31 bits per heavy atom. The molecule has 276 valence electrons. The van der Waals surface area contributed by atoms with E-state index in [-0.39, 0.29) is 28.3 Å². The number of benzene rings is 1. The minimum absolute atomic E-state index is 0.0951. The van der Waals surface area contributed by atoms with Gasteiger partial charge in [-0.15, -0.1) is 0 Å². The van der Waals surface area contributed by atoms with Crippen molar-refractivity contribution < 1.29 is 33.0 Å². The van der Waals surface area contributed by atoms with Crippen LogP contribution in [0.1, 0.15) is 140 Å². The van der Waals surface area contributed by atoms with E-state index in [9.17, 15) is 19.1 Å². The molecule has 48 heavy (non-hydrogen) atoms. The van der Waals surface area contributed by atoms with Gasteiger partial charge in [-0.2, -0.15) is 0 Å². The highest BCUT2D eigenvalue weighted by Crippen LogP contribution is 2.40. The van der Waals surface area contributed by atoms with Gasteiger partial charge in [-0.3, -0.25) is 9.80 Å². The fourth-order valence-corrected chi connectivity index (χ4v) is 7.30. The largest absolute Gasteiger partial charge is 0.444 e. The molecule has 0 aromatic heterocycles.